The van der Waals surface area contributed by atoms with Gasteiger partial charge in [-0.15, -0.1) is 11.6 Å². The summed E-state index contributed by atoms with van der Waals surface area (Å²) in [6.07, 6.45) is 18.0. The van der Waals surface area contributed by atoms with Crippen molar-refractivity contribution in [2.75, 3.05) is 0 Å². The molecule has 0 amide bonds. The van der Waals surface area contributed by atoms with Crippen LogP contribution in [0.2, 0.25) is 0 Å². The Kier molecular flexibility index (Phi) is 6.03. The molecule has 0 bridgehead atoms. The fourth-order valence-corrected chi connectivity index (χ4v) is 8.92. The number of hydrogen-bond acceptors (Lipinski definition) is 0. The molecule has 160 valence electrons. The molecule has 0 aliphatic heterocycles. The summed E-state index contributed by atoms with van der Waals surface area (Å²) in [5, 5.41) is 0.396. The molecule has 0 nitrogen and oxygen atoms in total. The summed E-state index contributed by atoms with van der Waals surface area (Å²) in [6, 6.07) is 0. The van der Waals surface area contributed by atoms with E-state index in [4.69, 9.17) is 11.6 Å². The Morgan fingerprint density at radius 1 is 1.00 bits per heavy atom. The van der Waals surface area contributed by atoms with Gasteiger partial charge in [0.25, 0.3) is 0 Å². The van der Waals surface area contributed by atoms with Crippen LogP contribution in [0.4, 0.5) is 0 Å². The molecular formula is C27H45Cl. The lowest BCUT2D eigenvalue weighted by atomic mass is 9.47. The third kappa shape index (κ3) is 3.52. The van der Waals surface area contributed by atoms with Crippen LogP contribution in [-0.4, -0.2) is 5.38 Å². The fraction of sp³-hybridized carbons (Fsp3) is 0.926. The maximum atomic E-state index is 6.56. The molecule has 0 spiro atoms. The van der Waals surface area contributed by atoms with E-state index in [1.807, 2.05) is 0 Å². The van der Waals surface area contributed by atoms with Gasteiger partial charge < -0.3 is 0 Å². The van der Waals surface area contributed by atoms with Gasteiger partial charge in [0.1, 0.15) is 0 Å². The molecule has 0 radical (unpaired) electrons. The van der Waals surface area contributed by atoms with Crippen molar-refractivity contribution in [3.8, 4) is 0 Å². The van der Waals surface area contributed by atoms with Gasteiger partial charge in [0.15, 0.2) is 0 Å². The summed E-state index contributed by atoms with van der Waals surface area (Å²) >= 11 is 6.56. The Hall–Kier alpha value is 0.0300. The van der Waals surface area contributed by atoms with Crippen molar-refractivity contribution >= 4 is 11.6 Å². The van der Waals surface area contributed by atoms with Crippen molar-refractivity contribution in [2.24, 2.45) is 46.3 Å². The lowest BCUT2D eigenvalue weighted by Crippen LogP contribution is -2.50. The average Bonchev–Trinajstić information content (AvgIpc) is 2.99. The maximum Gasteiger partial charge on any atom is 0.0373 e. The predicted molar refractivity (Wildman–Crippen MR) is 123 cm³/mol. The first-order valence-electron chi connectivity index (χ1n) is 12.6. The molecule has 0 heterocycles. The van der Waals surface area contributed by atoms with Gasteiger partial charge >= 0.3 is 0 Å². The van der Waals surface area contributed by atoms with Gasteiger partial charge in [-0.1, -0.05) is 65.5 Å². The number of fused-ring (bicyclic) bond motifs is 5. The van der Waals surface area contributed by atoms with E-state index in [-0.39, 0.29) is 0 Å². The lowest BCUT2D eigenvalue weighted by Gasteiger charge is -2.58. The number of halogens is 1. The van der Waals surface area contributed by atoms with E-state index in [0.717, 1.165) is 35.5 Å². The first kappa shape index (κ1) is 21.3. The van der Waals surface area contributed by atoms with Crippen molar-refractivity contribution in [1.82, 2.24) is 0 Å². The van der Waals surface area contributed by atoms with Gasteiger partial charge in [-0.2, -0.15) is 0 Å². The minimum Gasteiger partial charge on any atom is -0.123 e. The zero-order valence-corrected chi connectivity index (χ0v) is 20.0. The van der Waals surface area contributed by atoms with E-state index < -0.39 is 0 Å². The molecule has 3 fully saturated rings. The van der Waals surface area contributed by atoms with E-state index in [9.17, 15) is 0 Å². The largest absolute Gasteiger partial charge is 0.123 e. The van der Waals surface area contributed by atoms with Crippen LogP contribution in [0, 0.1) is 46.3 Å². The van der Waals surface area contributed by atoms with Gasteiger partial charge in [0.05, 0.1) is 0 Å². The molecule has 28 heavy (non-hydrogen) atoms. The summed E-state index contributed by atoms with van der Waals surface area (Å²) in [7, 11) is 0. The van der Waals surface area contributed by atoms with E-state index in [0.29, 0.717) is 16.2 Å². The number of hydrogen-bond donors (Lipinski definition) is 0. The Balaban J connectivity index is 1.49. The normalized spacial score (nSPS) is 46.5. The van der Waals surface area contributed by atoms with Gasteiger partial charge in [-0.05, 0) is 97.7 Å². The Morgan fingerprint density at radius 2 is 1.79 bits per heavy atom. The van der Waals surface area contributed by atoms with E-state index in [1.165, 1.54) is 70.6 Å². The number of alkyl halides is 1. The number of rotatable bonds is 5. The summed E-state index contributed by atoms with van der Waals surface area (Å²) in [4.78, 5) is 0. The lowest BCUT2D eigenvalue weighted by molar-refractivity contribution is -0.0498. The van der Waals surface area contributed by atoms with E-state index in [1.54, 1.807) is 5.57 Å². The Morgan fingerprint density at radius 3 is 2.54 bits per heavy atom. The minimum absolute atomic E-state index is 0.396. The Labute approximate surface area is 180 Å². The summed E-state index contributed by atoms with van der Waals surface area (Å²) in [5.74, 6) is 5.62. The molecule has 0 N–H and O–H groups in total. The van der Waals surface area contributed by atoms with Gasteiger partial charge in [-0.25, -0.2) is 0 Å². The molecule has 3 saturated carbocycles. The van der Waals surface area contributed by atoms with Crippen molar-refractivity contribution < 1.29 is 0 Å². The highest BCUT2D eigenvalue weighted by Crippen LogP contribution is 2.67. The molecule has 4 aliphatic rings. The molecule has 8 atom stereocenters. The van der Waals surface area contributed by atoms with Crippen LogP contribution in [0.1, 0.15) is 105 Å². The van der Waals surface area contributed by atoms with Gasteiger partial charge in [-0.3, -0.25) is 0 Å². The second-order valence-electron chi connectivity index (χ2n) is 12.1. The highest BCUT2D eigenvalue weighted by atomic mass is 35.5. The van der Waals surface area contributed by atoms with Crippen LogP contribution in [0.15, 0.2) is 11.6 Å². The second kappa shape index (κ2) is 7.94. The summed E-state index contributed by atoms with van der Waals surface area (Å²) < 4.78 is 0. The number of allylic oxidation sites excluding steroid dienone is 2. The molecule has 0 saturated heterocycles. The van der Waals surface area contributed by atoms with Gasteiger partial charge in [0, 0.05) is 5.38 Å². The molecular weight excluding hydrogens is 360 g/mol. The van der Waals surface area contributed by atoms with Crippen LogP contribution in [0.25, 0.3) is 0 Å². The molecule has 4 rings (SSSR count). The molecule has 4 aliphatic carbocycles. The van der Waals surface area contributed by atoms with Crippen molar-refractivity contribution in [3.05, 3.63) is 11.6 Å². The smallest absolute Gasteiger partial charge is 0.0373 e. The highest BCUT2D eigenvalue weighted by molar-refractivity contribution is 6.20. The third-order valence-corrected chi connectivity index (χ3v) is 10.6. The van der Waals surface area contributed by atoms with Gasteiger partial charge in [0.2, 0.25) is 0 Å². The van der Waals surface area contributed by atoms with Crippen LogP contribution < -0.4 is 0 Å². The second-order valence-corrected chi connectivity index (χ2v) is 12.7. The summed E-state index contributed by atoms with van der Waals surface area (Å²) in [5.41, 5.74) is 2.82. The first-order valence-corrected chi connectivity index (χ1v) is 13.0. The standard InChI is InChI=1S/C27H45Cl/c1-18(2)7-6-8-19(3)23-11-12-24-22-10-9-20-17-21(28)13-15-26(20,4)25(22)14-16-27(23,24)5/h9,18-19,21-25H,6-8,10-17H2,1-5H3/t19-,21+,22+,23?,24+,25+,26+,27-/m1/s1. The maximum absolute atomic E-state index is 6.56. The topological polar surface area (TPSA) is 0 Å². The first-order chi connectivity index (χ1) is 13.3. The minimum atomic E-state index is 0.396. The Bertz CT molecular complexity index is 591. The molecule has 0 aromatic carbocycles. The zero-order valence-electron chi connectivity index (χ0n) is 19.3. The van der Waals surface area contributed by atoms with Crippen LogP contribution in [0.5, 0.6) is 0 Å². The van der Waals surface area contributed by atoms with Crippen molar-refractivity contribution in [1.29, 1.82) is 0 Å². The van der Waals surface area contributed by atoms with Crippen molar-refractivity contribution in [3.63, 3.8) is 0 Å². The average molecular weight is 405 g/mol. The molecule has 0 aromatic rings. The molecule has 1 heteroatoms. The zero-order chi connectivity index (χ0) is 20.1. The molecule has 0 aromatic heterocycles. The fourth-order valence-electron chi connectivity index (χ4n) is 8.64. The highest BCUT2D eigenvalue weighted by Gasteiger charge is 2.58. The third-order valence-electron chi connectivity index (χ3n) is 10.2. The molecule has 1 unspecified atom stereocenters. The van der Waals surface area contributed by atoms with Crippen LogP contribution in [0.3, 0.4) is 0 Å². The summed E-state index contributed by atoms with van der Waals surface area (Å²) in [6.45, 7) is 12.7. The predicted octanol–water partition coefficient (Wildman–Crippen LogP) is 8.64. The monoisotopic (exact) mass is 404 g/mol. The van der Waals surface area contributed by atoms with Crippen LogP contribution >= 0.6 is 11.6 Å². The van der Waals surface area contributed by atoms with E-state index in [2.05, 4.69) is 40.7 Å². The van der Waals surface area contributed by atoms with E-state index >= 15 is 0 Å². The quantitative estimate of drug-likeness (QED) is 0.317. The SMILES string of the molecule is CC(C)CCC[C@@H](C)C1CC[C@H]2[C@@H]3CC=C4C[C@@H](Cl)CC[C@]4(C)[C@H]3CC[C@]12C. The van der Waals surface area contributed by atoms with Crippen LogP contribution in [-0.2, 0) is 0 Å². The van der Waals surface area contributed by atoms with Crippen molar-refractivity contribution in [2.45, 2.75) is 111 Å².